The van der Waals surface area contributed by atoms with Gasteiger partial charge < -0.3 is 9.80 Å². The Hall–Kier alpha value is -1.84. The molecule has 4 nitrogen and oxygen atoms in total. The van der Waals surface area contributed by atoms with E-state index in [0.717, 1.165) is 24.9 Å². The van der Waals surface area contributed by atoms with Gasteiger partial charge in [-0.25, -0.2) is 0 Å². The first-order valence-corrected chi connectivity index (χ1v) is 7.81. The molecule has 0 N–H and O–H groups in total. The normalized spacial score (nSPS) is 16.2. The number of para-hydroxylation sites is 1. The Morgan fingerprint density at radius 2 is 1.81 bits per heavy atom. The topological polar surface area (TPSA) is 40.6 Å². The van der Waals surface area contributed by atoms with Crippen molar-refractivity contribution in [3.8, 4) is 0 Å². The largest absolute Gasteiger partial charge is 0.333 e. The Kier molecular flexibility index (Phi) is 5.37. The van der Waals surface area contributed by atoms with Crippen molar-refractivity contribution >= 4 is 17.5 Å². The number of benzene rings is 1. The van der Waals surface area contributed by atoms with Crippen LogP contribution in [0.1, 0.15) is 33.1 Å². The van der Waals surface area contributed by atoms with Crippen LogP contribution < -0.4 is 4.90 Å². The van der Waals surface area contributed by atoms with Crippen molar-refractivity contribution in [3.05, 3.63) is 30.3 Å². The molecule has 0 unspecified atom stereocenters. The summed E-state index contributed by atoms with van der Waals surface area (Å²) in [4.78, 5) is 28.4. The maximum absolute atomic E-state index is 12.5. The summed E-state index contributed by atoms with van der Waals surface area (Å²) in [5.74, 6) is 0.183. The maximum atomic E-state index is 12.5. The van der Waals surface area contributed by atoms with Crippen molar-refractivity contribution in [3.63, 3.8) is 0 Å². The van der Waals surface area contributed by atoms with Gasteiger partial charge in [0.05, 0.1) is 0 Å². The van der Waals surface area contributed by atoms with Gasteiger partial charge in [-0.05, 0) is 31.4 Å². The molecule has 0 radical (unpaired) electrons. The maximum Gasteiger partial charge on any atom is 0.246 e. The third-order valence-electron chi connectivity index (χ3n) is 4.15. The minimum atomic E-state index is 0.0120. The van der Waals surface area contributed by atoms with E-state index in [1.807, 2.05) is 44.2 Å². The molecule has 0 bridgehead atoms. The first-order valence-electron chi connectivity index (χ1n) is 7.81. The van der Waals surface area contributed by atoms with E-state index in [-0.39, 0.29) is 24.3 Å². The summed E-state index contributed by atoms with van der Waals surface area (Å²) >= 11 is 0. The number of rotatable bonds is 4. The zero-order chi connectivity index (χ0) is 15.2. The number of carbonyl (C=O) groups excluding carboxylic acids is 2. The van der Waals surface area contributed by atoms with E-state index in [1.54, 1.807) is 9.80 Å². The molecule has 2 amide bonds. The molecule has 0 atom stereocenters. The molecule has 1 aliphatic heterocycles. The number of amides is 2. The lowest BCUT2D eigenvalue weighted by Crippen LogP contribution is -2.41. The number of hydrogen-bond donors (Lipinski definition) is 0. The number of carbonyl (C=O) groups is 2. The molecule has 21 heavy (non-hydrogen) atoms. The Balaban J connectivity index is 2.09. The molecule has 0 saturated carbocycles. The fourth-order valence-electron chi connectivity index (χ4n) is 2.84. The van der Waals surface area contributed by atoms with Crippen LogP contribution in [0.5, 0.6) is 0 Å². The van der Waals surface area contributed by atoms with Crippen molar-refractivity contribution in [2.45, 2.75) is 33.1 Å². The summed E-state index contributed by atoms with van der Waals surface area (Å²) < 4.78 is 0. The average molecular weight is 288 g/mol. The van der Waals surface area contributed by atoms with Crippen LogP contribution in [0.4, 0.5) is 5.69 Å². The fourth-order valence-corrected chi connectivity index (χ4v) is 2.84. The zero-order valence-electron chi connectivity index (χ0n) is 12.9. The Bertz CT molecular complexity index is 483. The lowest BCUT2D eigenvalue weighted by molar-refractivity contribution is -0.138. The smallest absolute Gasteiger partial charge is 0.246 e. The Labute approximate surface area is 126 Å². The summed E-state index contributed by atoms with van der Waals surface area (Å²) in [5, 5.41) is 0. The third-order valence-corrected chi connectivity index (χ3v) is 4.15. The van der Waals surface area contributed by atoms with Gasteiger partial charge in [-0.1, -0.05) is 32.0 Å². The monoisotopic (exact) mass is 288 g/mol. The molecule has 0 aliphatic carbocycles. The van der Waals surface area contributed by atoms with Gasteiger partial charge in [-0.15, -0.1) is 0 Å². The molecule has 1 fully saturated rings. The highest BCUT2D eigenvalue weighted by molar-refractivity contribution is 5.97. The summed E-state index contributed by atoms with van der Waals surface area (Å²) in [5.41, 5.74) is 0.916. The van der Waals surface area contributed by atoms with Crippen LogP contribution >= 0.6 is 0 Å². The summed E-state index contributed by atoms with van der Waals surface area (Å²) in [6, 6.07) is 9.68. The van der Waals surface area contributed by atoms with Crippen LogP contribution in [0.3, 0.4) is 0 Å². The molecule has 2 rings (SSSR count). The van der Waals surface area contributed by atoms with Crippen LogP contribution in [0, 0.1) is 5.92 Å². The molecule has 1 heterocycles. The molecule has 1 aliphatic rings. The molecule has 1 aromatic rings. The average Bonchev–Trinajstić information content (AvgIpc) is 2.71. The van der Waals surface area contributed by atoms with E-state index in [9.17, 15) is 9.59 Å². The van der Waals surface area contributed by atoms with Crippen molar-refractivity contribution in [1.82, 2.24) is 4.90 Å². The highest BCUT2D eigenvalue weighted by atomic mass is 16.2. The lowest BCUT2D eigenvalue weighted by Gasteiger charge is -2.24. The second kappa shape index (κ2) is 7.25. The van der Waals surface area contributed by atoms with Crippen LogP contribution in [0.15, 0.2) is 30.3 Å². The highest BCUT2D eigenvalue weighted by Gasteiger charge is 2.28. The van der Waals surface area contributed by atoms with Crippen molar-refractivity contribution in [2.75, 3.05) is 24.5 Å². The van der Waals surface area contributed by atoms with Gasteiger partial charge in [0.15, 0.2) is 0 Å². The van der Waals surface area contributed by atoms with E-state index in [0.29, 0.717) is 13.1 Å². The Morgan fingerprint density at radius 3 is 2.43 bits per heavy atom. The van der Waals surface area contributed by atoms with E-state index in [1.165, 1.54) is 0 Å². The second-order valence-electron chi connectivity index (χ2n) is 5.51. The van der Waals surface area contributed by atoms with Crippen molar-refractivity contribution in [1.29, 1.82) is 0 Å². The second-order valence-corrected chi connectivity index (χ2v) is 5.51. The first-order chi connectivity index (χ1) is 10.2. The standard InChI is InChI=1S/C17H24N2O2/c1-3-14(4-2)17(21)18-11-8-12-19(16(20)13-18)15-9-6-5-7-10-15/h5-7,9-10,14H,3-4,8,11-13H2,1-2H3. The first kappa shape index (κ1) is 15.5. The van der Waals surface area contributed by atoms with E-state index >= 15 is 0 Å². The van der Waals surface area contributed by atoms with Crippen molar-refractivity contribution < 1.29 is 9.59 Å². The van der Waals surface area contributed by atoms with Crippen molar-refractivity contribution in [2.24, 2.45) is 5.92 Å². The highest BCUT2D eigenvalue weighted by Crippen LogP contribution is 2.19. The zero-order valence-corrected chi connectivity index (χ0v) is 12.9. The predicted molar refractivity (Wildman–Crippen MR) is 84.1 cm³/mol. The van der Waals surface area contributed by atoms with E-state index in [4.69, 9.17) is 0 Å². The van der Waals surface area contributed by atoms with Gasteiger partial charge in [-0.2, -0.15) is 0 Å². The van der Waals surface area contributed by atoms with Crippen LogP contribution in [-0.4, -0.2) is 36.3 Å². The molecule has 0 spiro atoms. The van der Waals surface area contributed by atoms with Gasteiger partial charge >= 0.3 is 0 Å². The molecule has 1 saturated heterocycles. The van der Waals surface area contributed by atoms with Gasteiger partial charge in [0.1, 0.15) is 6.54 Å². The number of nitrogens with zero attached hydrogens (tertiary/aromatic N) is 2. The molecule has 114 valence electrons. The molecule has 1 aromatic carbocycles. The fraction of sp³-hybridized carbons (Fsp3) is 0.529. The Morgan fingerprint density at radius 1 is 1.14 bits per heavy atom. The number of hydrogen-bond acceptors (Lipinski definition) is 2. The third kappa shape index (κ3) is 3.63. The lowest BCUT2D eigenvalue weighted by atomic mass is 10.0. The minimum absolute atomic E-state index is 0.0120. The van der Waals surface area contributed by atoms with E-state index in [2.05, 4.69) is 0 Å². The van der Waals surface area contributed by atoms with Gasteiger partial charge in [0.2, 0.25) is 11.8 Å². The quantitative estimate of drug-likeness (QED) is 0.854. The molecular weight excluding hydrogens is 264 g/mol. The predicted octanol–water partition coefficient (Wildman–Crippen LogP) is 2.69. The van der Waals surface area contributed by atoms with Crippen LogP contribution in [0.25, 0.3) is 0 Å². The number of anilines is 1. The van der Waals surface area contributed by atoms with Gasteiger partial charge in [-0.3, -0.25) is 9.59 Å². The molecular formula is C17H24N2O2. The SMILES string of the molecule is CCC(CC)C(=O)N1CCCN(c2ccccc2)C(=O)C1. The van der Waals surface area contributed by atoms with Gasteiger partial charge in [0, 0.05) is 24.7 Å². The van der Waals surface area contributed by atoms with E-state index < -0.39 is 0 Å². The summed E-state index contributed by atoms with van der Waals surface area (Å²) in [6.45, 7) is 5.61. The summed E-state index contributed by atoms with van der Waals surface area (Å²) in [7, 11) is 0. The van der Waals surface area contributed by atoms with Gasteiger partial charge in [0.25, 0.3) is 0 Å². The van der Waals surface area contributed by atoms with Crippen LogP contribution in [0.2, 0.25) is 0 Å². The van der Waals surface area contributed by atoms with Crippen LogP contribution in [-0.2, 0) is 9.59 Å². The molecule has 4 heteroatoms. The minimum Gasteiger partial charge on any atom is -0.333 e. The summed E-state index contributed by atoms with van der Waals surface area (Å²) in [6.07, 6.45) is 2.50. The molecule has 0 aromatic heterocycles.